The van der Waals surface area contributed by atoms with E-state index < -0.39 is 16.2 Å². The summed E-state index contributed by atoms with van der Waals surface area (Å²) in [6, 6.07) is 28.7. The third-order valence-electron chi connectivity index (χ3n) is 6.95. The Hall–Kier alpha value is -3.78. The third-order valence-corrected chi connectivity index (χ3v) is 8.62. The lowest BCUT2D eigenvalue weighted by atomic mass is 9.69. The second kappa shape index (κ2) is 10.5. The molecule has 2 amide bonds. The molecule has 2 saturated heterocycles. The van der Waals surface area contributed by atoms with E-state index in [9.17, 15) is 14.4 Å². The summed E-state index contributed by atoms with van der Waals surface area (Å²) < 4.78 is 10.6. The van der Waals surface area contributed by atoms with Gasteiger partial charge < -0.3 is 19.7 Å². The molecular formula is C30H30N2O5S. The topological polar surface area (TPSA) is 84.9 Å². The van der Waals surface area contributed by atoms with E-state index in [2.05, 4.69) is 5.32 Å². The zero-order valence-corrected chi connectivity index (χ0v) is 22.1. The number of hydrogen-bond acceptors (Lipinski definition) is 6. The molecule has 2 fully saturated rings. The van der Waals surface area contributed by atoms with Gasteiger partial charge in [0.05, 0.1) is 4.75 Å². The van der Waals surface area contributed by atoms with Crippen LogP contribution in [0.1, 0.15) is 30.9 Å². The lowest BCUT2D eigenvalue weighted by Crippen LogP contribution is -2.80. The van der Waals surface area contributed by atoms with Crippen LogP contribution < -0.4 is 10.1 Å². The lowest BCUT2D eigenvalue weighted by Gasteiger charge is -2.56. The molecule has 7 nitrogen and oxygen atoms in total. The SMILES string of the molecule is CC(=O)OC[C@@]1(C)CN2C(=O)[C@](NC(=O)COc3ccccc3)(C(c3ccccc3)c3ccccc3)[C@@H]2S1. The Bertz CT molecular complexity index is 1270. The highest BCUT2D eigenvalue weighted by Crippen LogP contribution is 2.57. The van der Waals surface area contributed by atoms with Gasteiger partial charge >= 0.3 is 5.97 Å². The van der Waals surface area contributed by atoms with Crippen LogP contribution in [0.5, 0.6) is 5.75 Å². The largest absolute Gasteiger partial charge is 0.484 e. The minimum absolute atomic E-state index is 0.160. The first kappa shape index (κ1) is 25.9. The number of thioether (sulfide) groups is 1. The third kappa shape index (κ3) is 4.88. The van der Waals surface area contributed by atoms with E-state index in [0.717, 1.165) is 11.1 Å². The molecule has 8 heteroatoms. The highest BCUT2D eigenvalue weighted by atomic mass is 32.2. The van der Waals surface area contributed by atoms with Gasteiger partial charge in [-0.3, -0.25) is 14.4 Å². The van der Waals surface area contributed by atoms with Crippen molar-refractivity contribution in [2.45, 2.75) is 35.4 Å². The average molecular weight is 531 g/mol. The molecule has 5 rings (SSSR count). The Morgan fingerprint density at radius 2 is 1.53 bits per heavy atom. The molecular weight excluding hydrogens is 500 g/mol. The van der Waals surface area contributed by atoms with Crippen molar-refractivity contribution in [3.8, 4) is 5.75 Å². The molecule has 38 heavy (non-hydrogen) atoms. The fourth-order valence-corrected chi connectivity index (χ4v) is 7.00. The minimum Gasteiger partial charge on any atom is -0.484 e. The Morgan fingerprint density at radius 3 is 2.08 bits per heavy atom. The molecule has 3 aromatic rings. The highest BCUT2D eigenvalue weighted by Gasteiger charge is 2.71. The van der Waals surface area contributed by atoms with Crippen LogP contribution in [0.3, 0.4) is 0 Å². The van der Waals surface area contributed by atoms with Gasteiger partial charge in [-0.25, -0.2) is 0 Å². The Morgan fingerprint density at radius 1 is 0.974 bits per heavy atom. The molecule has 0 spiro atoms. The monoisotopic (exact) mass is 530 g/mol. The summed E-state index contributed by atoms with van der Waals surface area (Å²) in [6.45, 7) is 3.73. The number of para-hydroxylation sites is 1. The summed E-state index contributed by atoms with van der Waals surface area (Å²) in [5.74, 6) is -0.773. The molecule has 0 unspecified atom stereocenters. The number of rotatable bonds is 9. The van der Waals surface area contributed by atoms with Crippen molar-refractivity contribution >= 4 is 29.5 Å². The summed E-state index contributed by atoms with van der Waals surface area (Å²) in [4.78, 5) is 40.9. The van der Waals surface area contributed by atoms with Crippen LogP contribution in [0.2, 0.25) is 0 Å². The lowest BCUT2D eigenvalue weighted by molar-refractivity contribution is -0.160. The van der Waals surface area contributed by atoms with Gasteiger partial charge in [0.1, 0.15) is 17.7 Å². The first-order valence-corrected chi connectivity index (χ1v) is 13.4. The van der Waals surface area contributed by atoms with E-state index in [4.69, 9.17) is 9.47 Å². The highest BCUT2D eigenvalue weighted by molar-refractivity contribution is 8.01. The predicted octanol–water partition coefficient (Wildman–Crippen LogP) is 3.99. The Labute approximate surface area is 226 Å². The average Bonchev–Trinajstić information content (AvgIpc) is 3.27. The maximum absolute atomic E-state index is 14.1. The maximum Gasteiger partial charge on any atom is 0.302 e. The number of fused-ring (bicyclic) bond motifs is 1. The number of amides is 2. The number of esters is 1. The zero-order chi connectivity index (χ0) is 26.8. The molecule has 0 saturated carbocycles. The number of nitrogens with one attached hydrogen (secondary N) is 1. The second-order valence-electron chi connectivity index (χ2n) is 9.91. The summed E-state index contributed by atoms with van der Waals surface area (Å²) in [5, 5.41) is 2.78. The Balaban J connectivity index is 1.52. The molecule has 1 N–H and O–H groups in total. The number of β-lactam (4-membered cyclic amide) rings is 1. The molecule has 0 bridgehead atoms. The van der Waals surface area contributed by atoms with Crippen molar-refractivity contribution < 1.29 is 23.9 Å². The van der Waals surface area contributed by atoms with Crippen molar-refractivity contribution in [2.75, 3.05) is 19.8 Å². The van der Waals surface area contributed by atoms with Gasteiger partial charge in [0.25, 0.3) is 11.8 Å². The van der Waals surface area contributed by atoms with Gasteiger partial charge in [-0.1, -0.05) is 78.9 Å². The van der Waals surface area contributed by atoms with Gasteiger partial charge in [0, 0.05) is 19.4 Å². The number of hydrogen-bond donors (Lipinski definition) is 1. The number of ether oxygens (including phenoxy) is 2. The molecule has 0 aliphatic carbocycles. The standard InChI is InChI=1S/C30H30N2O5S/c1-21(33)37-20-29(2)19-32-27(35)30(28(32)38-29,31-25(34)18-36-24-16-10-5-11-17-24)26(22-12-6-3-7-13-22)23-14-8-4-9-15-23/h3-17,26,28H,18-20H2,1-2H3,(H,31,34)/t28-,29+,30+/m0/s1. The molecule has 3 atom stereocenters. The quantitative estimate of drug-likeness (QED) is 0.333. The van der Waals surface area contributed by atoms with E-state index in [1.54, 1.807) is 28.8 Å². The fraction of sp³-hybridized carbons (Fsp3) is 0.300. The minimum atomic E-state index is -1.25. The van der Waals surface area contributed by atoms with Crippen LogP contribution in [-0.2, 0) is 19.1 Å². The molecule has 0 radical (unpaired) electrons. The smallest absolute Gasteiger partial charge is 0.302 e. The predicted molar refractivity (Wildman–Crippen MR) is 146 cm³/mol. The Kier molecular flexibility index (Phi) is 7.17. The van der Waals surface area contributed by atoms with Crippen LogP contribution in [0.4, 0.5) is 0 Å². The molecule has 2 aliphatic rings. The zero-order valence-electron chi connectivity index (χ0n) is 21.3. The fourth-order valence-electron chi connectivity index (χ4n) is 5.34. The number of carbonyl (C=O) groups excluding carboxylic acids is 3. The normalized spacial score (nSPS) is 23.9. The van der Waals surface area contributed by atoms with Gasteiger partial charge in [0.2, 0.25) is 0 Å². The van der Waals surface area contributed by atoms with Gasteiger partial charge in [-0.05, 0) is 30.2 Å². The van der Waals surface area contributed by atoms with Gasteiger partial charge in [-0.2, -0.15) is 0 Å². The van der Waals surface area contributed by atoms with Crippen LogP contribution in [0, 0.1) is 0 Å². The van der Waals surface area contributed by atoms with Crippen molar-refractivity contribution in [1.82, 2.24) is 10.2 Å². The number of benzene rings is 3. The summed E-state index contributed by atoms with van der Waals surface area (Å²) in [7, 11) is 0. The van der Waals surface area contributed by atoms with Crippen molar-refractivity contribution in [3.05, 3.63) is 102 Å². The van der Waals surface area contributed by atoms with Gasteiger partial charge in [-0.15, -0.1) is 11.8 Å². The van der Waals surface area contributed by atoms with E-state index >= 15 is 0 Å². The molecule has 0 aromatic heterocycles. The number of nitrogens with zero attached hydrogens (tertiary/aromatic N) is 1. The molecule has 2 aliphatic heterocycles. The maximum atomic E-state index is 14.1. The van der Waals surface area contributed by atoms with Crippen LogP contribution in [0.15, 0.2) is 91.0 Å². The van der Waals surface area contributed by atoms with Gasteiger partial charge in [0.15, 0.2) is 12.1 Å². The first-order chi connectivity index (χ1) is 18.3. The van der Waals surface area contributed by atoms with E-state index in [1.165, 1.54) is 6.92 Å². The first-order valence-electron chi connectivity index (χ1n) is 12.5. The van der Waals surface area contributed by atoms with E-state index in [0.29, 0.717) is 12.3 Å². The molecule has 3 aromatic carbocycles. The number of carbonyl (C=O) groups is 3. The van der Waals surface area contributed by atoms with Crippen molar-refractivity contribution in [1.29, 1.82) is 0 Å². The molecule has 2 heterocycles. The second-order valence-corrected chi connectivity index (χ2v) is 11.6. The van der Waals surface area contributed by atoms with E-state index in [1.807, 2.05) is 85.8 Å². The van der Waals surface area contributed by atoms with Crippen molar-refractivity contribution in [3.63, 3.8) is 0 Å². The summed E-state index contributed by atoms with van der Waals surface area (Å²) >= 11 is 1.56. The summed E-state index contributed by atoms with van der Waals surface area (Å²) in [6.07, 6.45) is 0. The van der Waals surface area contributed by atoms with E-state index in [-0.39, 0.29) is 36.4 Å². The van der Waals surface area contributed by atoms with Crippen LogP contribution in [-0.4, -0.2) is 58.1 Å². The van der Waals surface area contributed by atoms with Crippen LogP contribution in [0.25, 0.3) is 0 Å². The summed E-state index contributed by atoms with van der Waals surface area (Å²) in [5.41, 5.74) is 0.591. The molecule has 196 valence electrons. The van der Waals surface area contributed by atoms with Crippen molar-refractivity contribution in [2.24, 2.45) is 0 Å². The van der Waals surface area contributed by atoms with Crippen LogP contribution >= 0.6 is 11.8 Å².